The third-order valence-electron chi connectivity index (χ3n) is 4.49. The van der Waals surface area contributed by atoms with Crippen LogP contribution in [0, 0.1) is 13.8 Å². The Morgan fingerprint density at radius 3 is 2.36 bits per heavy atom. The number of hydrogen-bond acceptors (Lipinski definition) is 3. The Morgan fingerprint density at radius 1 is 1.00 bits per heavy atom. The molecule has 0 bridgehead atoms. The first-order valence-electron chi connectivity index (χ1n) is 9.83. The summed E-state index contributed by atoms with van der Waals surface area (Å²) in [5.74, 6) is 0.653. The fraction of sp³-hybridized carbons (Fsp3) is 0.391. The highest BCUT2D eigenvalue weighted by Crippen LogP contribution is 2.17. The third kappa shape index (κ3) is 6.72. The first-order valence-corrected chi connectivity index (χ1v) is 9.83. The number of nitrogens with zero attached hydrogens (tertiary/aromatic N) is 1. The van der Waals surface area contributed by atoms with Crippen molar-refractivity contribution in [1.29, 1.82) is 0 Å². The summed E-state index contributed by atoms with van der Waals surface area (Å²) in [5, 5.41) is 2.89. The van der Waals surface area contributed by atoms with Gasteiger partial charge in [0.25, 0.3) is 0 Å². The van der Waals surface area contributed by atoms with Crippen molar-refractivity contribution in [2.45, 2.75) is 40.0 Å². The lowest BCUT2D eigenvalue weighted by molar-refractivity contribution is -0.134. The van der Waals surface area contributed by atoms with E-state index in [4.69, 9.17) is 4.74 Å². The van der Waals surface area contributed by atoms with Crippen LogP contribution in [0.5, 0.6) is 5.75 Å². The highest BCUT2D eigenvalue weighted by Gasteiger charge is 2.16. The molecule has 0 aliphatic carbocycles. The largest absolute Gasteiger partial charge is 0.493 e. The Morgan fingerprint density at radius 2 is 1.68 bits per heavy atom. The van der Waals surface area contributed by atoms with Gasteiger partial charge in [0, 0.05) is 18.7 Å². The SMILES string of the molecule is CCCN(CC(=O)Nc1ccccc1C)C(=O)CCCOc1ccccc1C. The number of hydrogen-bond donors (Lipinski definition) is 1. The molecule has 5 nitrogen and oxygen atoms in total. The monoisotopic (exact) mass is 382 g/mol. The molecule has 0 atom stereocenters. The van der Waals surface area contributed by atoms with Crippen molar-refractivity contribution in [3.63, 3.8) is 0 Å². The van der Waals surface area contributed by atoms with E-state index in [0.717, 1.165) is 29.0 Å². The maximum atomic E-state index is 12.6. The van der Waals surface area contributed by atoms with E-state index >= 15 is 0 Å². The zero-order valence-corrected chi connectivity index (χ0v) is 17.0. The number of benzene rings is 2. The van der Waals surface area contributed by atoms with Gasteiger partial charge in [0.1, 0.15) is 5.75 Å². The highest BCUT2D eigenvalue weighted by atomic mass is 16.5. The van der Waals surface area contributed by atoms with Gasteiger partial charge < -0.3 is 15.0 Å². The molecule has 0 aromatic heterocycles. The van der Waals surface area contributed by atoms with Gasteiger partial charge in [-0.3, -0.25) is 9.59 Å². The topological polar surface area (TPSA) is 58.6 Å². The molecule has 28 heavy (non-hydrogen) atoms. The second-order valence-electron chi connectivity index (χ2n) is 6.90. The molecule has 150 valence electrons. The average Bonchev–Trinajstić information content (AvgIpc) is 2.68. The summed E-state index contributed by atoms with van der Waals surface area (Å²) < 4.78 is 5.75. The number of anilines is 1. The molecule has 2 rings (SSSR count). The minimum Gasteiger partial charge on any atom is -0.493 e. The number of carbonyl (C=O) groups excluding carboxylic acids is 2. The second-order valence-corrected chi connectivity index (χ2v) is 6.90. The van der Waals surface area contributed by atoms with Gasteiger partial charge in [-0.25, -0.2) is 0 Å². The van der Waals surface area contributed by atoms with Gasteiger partial charge in [0.05, 0.1) is 13.2 Å². The van der Waals surface area contributed by atoms with Crippen LogP contribution >= 0.6 is 0 Å². The molecular formula is C23H30N2O3. The van der Waals surface area contributed by atoms with Crippen LogP contribution in [-0.4, -0.2) is 36.4 Å². The summed E-state index contributed by atoms with van der Waals surface area (Å²) in [6, 6.07) is 15.4. The molecule has 0 aliphatic heterocycles. The minimum absolute atomic E-state index is 0.0184. The minimum atomic E-state index is -0.174. The molecule has 0 fully saturated rings. The maximum absolute atomic E-state index is 12.6. The van der Waals surface area contributed by atoms with Crippen LogP contribution in [0.3, 0.4) is 0 Å². The van der Waals surface area contributed by atoms with E-state index in [1.165, 1.54) is 0 Å². The lowest BCUT2D eigenvalue weighted by atomic mass is 10.2. The van der Waals surface area contributed by atoms with Gasteiger partial charge in [-0.05, 0) is 49.9 Å². The van der Waals surface area contributed by atoms with Crippen molar-refractivity contribution in [2.24, 2.45) is 0 Å². The molecule has 2 aromatic carbocycles. The molecule has 1 N–H and O–H groups in total. The van der Waals surface area contributed by atoms with Crippen molar-refractivity contribution < 1.29 is 14.3 Å². The fourth-order valence-electron chi connectivity index (χ4n) is 2.92. The number of rotatable bonds is 10. The number of ether oxygens (including phenoxy) is 1. The fourth-order valence-corrected chi connectivity index (χ4v) is 2.92. The summed E-state index contributed by atoms with van der Waals surface area (Å²) >= 11 is 0. The van der Waals surface area contributed by atoms with Crippen LogP contribution in [-0.2, 0) is 9.59 Å². The molecule has 0 heterocycles. The standard InChI is InChI=1S/C23H30N2O3/c1-4-15-25(17-22(26)24-20-12-7-5-10-18(20)2)23(27)14-9-16-28-21-13-8-6-11-19(21)3/h5-8,10-13H,4,9,14-17H2,1-3H3,(H,24,26). The number of para-hydroxylation sites is 2. The lowest BCUT2D eigenvalue weighted by Gasteiger charge is -2.22. The molecule has 5 heteroatoms. The molecule has 0 spiro atoms. The maximum Gasteiger partial charge on any atom is 0.244 e. The Bertz CT molecular complexity index is 789. The van der Waals surface area contributed by atoms with Gasteiger partial charge in [-0.15, -0.1) is 0 Å². The average molecular weight is 383 g/mol. The Labute approximate surface area is 167 Å². The summed E-state index contributed by atoms with van der Waals surface area (Å²) in [6.45, 7) is 7.06. The Hall–Kier alpha value is -2.82. The summed E-state index contributed by atoms with van der Waals surface area (Å²) in [7, 11) is 0. The normalized spacial score (nSPS) is 10.4. The summed E-state index contributed by atoms with van der Waals surface area (Å²) in [5.41, 5.74) is 2.86. The molecule has 0 saturated heterocycles. The van der Waals surface area contributed by atoms with Gasteiger partial charge in [-0.2, -0.15) is 0 Å². The zero-order chi connectivity index (χ0) is 20.4. The Kier molecular flexibility index (Phi) is 8.53. The van der Waals surface area contributed by atoms with Crippen molar-refractivity contribution >= 4 is 17.5 Å². The van der Waals surface area contributed by atoms with Gasteiger partial charge in [-0.1, -0.05) is 43.3 Å². The van der Waals surface area contributed by atoms with E-state index in [2.05, 4.69) is 5.32 Å². The molecule has 0 radical (unpaired) electrons. The molecule has 2 amide bonds. The molecule has 0 aliphatic rings. The first-order chi connectivity index (χ1) is 13.5. The van der Waals surface area contributed by atoms with E-state index in [1.54, 1.807) is 4.90 Å². The van der Waals surface area contributed by atoms with E-state index in [0.29, 0.717) is 26.0 Å². The number of aryl methyl sites for hydroxylation is 2. The van der Waals surface area contributed by atoms with E-state index in [1.807, 2.05) is 69.3 Å². The molecule has 0 unspecified atom stereocenters. The first kappa shape index (κ1) is 21.5. The molecule has 0 saturated carbocycles. The summed E-state index contributed by atoms with van der Waals surface area (Å²) in [4.78, 5) is 26.6. The number of carbonyl (C=O) groups is 2. The van der Waals surface area contributed by atoms with Crippen molar-refractivity contribution in [2.75, 3.05) is 25.0 Å². The second kappa shape index (κ2) is 11.1. The van der Waals surface area contributed by atoms with E-state index in [9.17, 15) is 9.59 Å². The number of amides is 2. The van der Waals surface area contributed by atoms with Crippen LogP contribution in [0.25, 0.3) is 0 Å². The van der Waals surface area contributed by atoms with E-state index in [-0.39, 0.29) is 18.4 Å². The van der Waals surface area contributed by atoms with Crippen molar-refractivity contribution in [3.05, 3.63) is 59.7 Å². The number of nitrogens with one attached hydrogen (secondary N) is 1. The van der Waals surface area contributed by atoms with Gasteiger partial charge >= 0.3 is 0 Å². The smallest absolute Gasteiger partial charge is 0.244 e. The predicted octanol–water partition coefficient (Wildman–Crippen LogP) is 4.34. The molecule has 2 aromatic rings. The third-order valence-corrected chi connectivity index (χ3v) is 4.49. The lowest BCUT2D eigenvalue weighted by Crippen LogP contribution is -2.38. The van der Waals surface area contributed by atoms with Crippen LogP contribution < -0.4 is 10.1 Å². The van der Waals surface area contributed by atoms with Crippen LogP contribution in [0.2, 0.25) is 0 Å². The predicted molar refractivity (Wildman–Crippen MR) is 113 cm³/mol. The Balaban J connectivity index is 1.81. The van der Waals surface area contributed by atoms with Gasteiger partial charge in [0.15, 0.2) is 0 Å². The van der Waals surface area contributed by atoms with Crippen molar-refractivity contribution in [3.8, 4) is 5.75 Å². The molecular weight excluding hydrogens is 352 g/mol. The zero-order valence-electron chi connectivity index (χ0n) is 17.0. The van der Waals surface area contributed by atoms with Gasteiger partial charge in [0.2, 0.25) is 11.8 Å². The van der Waals surface area contributed by atoms with Crippen molar-refractivity contribution in [1.82, 2.24) is 4.90 Å². The quantitative estimate of drug-likeness (QED) is 0.622. The highest BCUT2D eigenvalue weighted by molar-refractivity contribution is 5.95. The van der Waals surface area contributed by atoms with Crippen LogP contribution in [0.1, 0.15) is 37.3 Å². The van der Waals surface area contributed by atoms with Crippen LogP contribution in [0.15, 0.2) is 48.5 Å². The van der Waals surface area contributed by atoms with Crippen LogP contribution in [0.4, 0.5) is 5.69 Å². The summed E-state index contributed by atoms with van der Waals surface area (Å²) in [6.07, 6.45) is 1.79. The van der Waals surface area contributed by atoms with E-state index < -0.39 is 0 Å².